The van der Waals surface area contributed by atoms with E-state index in [1.54, 1.807) is 43.5 Å². The van der Waals surface area contributed by atoms with Crippen LogP contribution in [0, 0.1) is 11.3 Å². The summed E-state index contributed by atoms with van der Waals surface area (Å²) in [7, 11) is 0. The highest BCUT2D eigenvalue weighted by Gasteiger charge is 2.24. The number of esters is 1. The van der Waals surface area contributed by atoms with Crippen molar-refractivity contribution in [3.05, 3.63) is 47.7 Å². The van der Waals surface area contributed by atoms with Crippen molar-refractivity contribution in [1.82, 2.24) is 0 Å². The topological polar surface area (TPSA) is 70.4 Å². The van der Waals surface area contributed by atoms with E-state index in [1.165, 1.54) is 11.8 Å². The summed E-state index contributed by atoms with van der Waals surface area (Å²) in [6, 6.07) is 9.00. The number of allylic oxidation sites excluding steroid dienone is 2. The van der Waals surface area contributed by atoms with Gasteiger partial charge in [0.1, 0.15) is 11.6 Å². The third-order valence-electron chi connectivity index (χ3n) is 3.04. The number of hydrogen-bond acceptors (Lipinski definition) is 4. The van der Waals surface area contributed by atoms with Gasteiger partial charge in [-0.15, -0.1) is 0 Å². The van der Waals surface area contributed by atoms with Gasteiger partial charge in [0.25, 0.3) is 0 Å². The predicted octanol–water partition coefficient (Wildman–Crippen LogP) is 2.41. The number of carbonyl (C=O) groups excluding carboxylic acids is 2. The lowest BCUT2D eigenvalue weighted by Gasteiger charge is -2.25. The Hall–Kier alpha value is -2.87. The van der Waals surface area contributed by atoms with Crippen LogP contribution in [0.15, 0.2) is 42.1 Å². The van der Waals surface area contributed by atoms with Crippen molar-refractivity contribution in [2.75, 3.05) is 11.5 Å². The molecule has 21 heavy (non-hydrogen) atoms. The van der Waals surface area contributed by atoms with Crippen molar-refractivity contribution in [1.29, 1.82) is 5.26 Å². The van der Waals surface area contributed by atoms with E-state index in [2.05, 4.69) is 0 Å². The molecule has 0 spiro atoms. The Morgan fingerprint density at radius 2 is 2.05 bits per heavy atom. The number of nitriles is 1. The van der Waals surface area contributed by atoms with Crippen LogP contribution >= 0.6 is 0 Å². The number of anilines is 1. The number of hydrogen-bond donors (Lipinski definition) is 0. The zero-order valence-corrected chi connectivity index (χ0v) is 11.8. The first-order valence-electron chi connectivity index (χ1n) is 6.49. The molecule has 5 nitrogen and oxygen atoms in total. The first-order valence-corrected chi connectivity index (χ1v) is 6.49. The monoisotopic (exact) mass is 282 g/mol. The second-order valence-corrected chi connectivity index (χ2v) is 4.34. The zero-order chi connectivity index (χ0) is 15.4. The third-order valence-corrected chi connectivity index (χ3v) is 3.04. The number of ether oxygens (including phenoxy) is 1. The molecule has 1 aromatic rings. The van der Waals surface area contributed by atoms with Crippen molar-refractivity contribution in [2.24, 2.45) is 0 Å². The highest BCUT2D eigenvalue weighted by atomic mass is 16.5. The van der Waals surface area contributed by atoms with E-state index in [-0.39, 0.29) is 18.1 Å². The van der Waals surface area contributed by atoms with Gasteiger partial charge >= 0.3 is 5.97 Å². The lowest BCUT2D eigenvalue weighted by Crippen LogP contribution is -2.25. The third kappa shape index (κ3) is 2.70. The molecule has 106 valence electrons. The highest BCUT2D eigenvalue weighted by Crippen LogP contribution is 2.34. The fraction of sp³-hybridized carbons (Fsp3) is 0.188. The van der Waals surface area contributed by atoms with Gasteiger partial charge in [-0.3, -0.25) is 9.69 Å². The van der Waals surface area contributed by atoms with E-state index in [4.69, 9.17) is 4.74 Å². The lowest BCUT2D eigenvalue weighted by molar-refractivity contribution is -0.137. The Labute approximate surface area is 122 Å². The summed E-state index contributed by atoms with van der Waals surface area (Å²) in [5.41, 5.74) is 1.69. The molecule has 0 radical (unpaired) electrons. The minimum atomic E-state index is -0.661. The van der Waals surface area contributed by atoms with E-state index in [0.717, 1.165) is 0 Å². The minimum absolute atomic E-state index is 0.0660. The van der Waals surface area contributed by atoms with Gasteiger partial charge in [0.2, 0.25) is 5.91 Å². The minimum Gasteiger partial charge on any atom is -0.462 e. The summed E-state index contributed by atoms with van der Waals surface area (Å²) in [5, 5.41) is 9.25. The van der Waals surface area contributed by atoms with Gasteiger partial charge in [0.15, 0.2) is 0 Å². The molecule has 0 fully saturated rings. The van der Waals surface area contributed by atoms with Gasteiger partial charge in [-0.25, -0.2) is 4.79 Å². The Bertz CT molecular complexity index is 696. The maximum Gasteiger partial charge on any atom is 0.349 e. The number of benzene rings is 1. The largest absolute Gasteiger partial charge is 0.462 e. The molecule has 0 saturated heterocycles. The molecule has 0 unspecified atom stereocenters. The van der Waals surface area contributed by atoms with Crippen LogP contribution in [0.2, 0.25) is 0 Å². The van der Waals surface area contributed by atoms with Gasteiger partial charge in [-0.1, -0.05) is 18.2 Å². The number of rotatable bonds is 2. The summed E-state index contributed by atoms with van der Waals surface area (Å²) in [6.07, 6.45) is 3.13. The zero-order valence-electron chi connectivity index (χ0n) is 11.8. The van der Waals surface area contributed by atoms with Crippen molar-refractivity contribution >= 4 is 23.1 Å². The maximum absolute atomic E-state index is 11.9. The fourth-order valence-corrected chi connectivity index (χ4v) is 2.14. The van der Waals surface area contributed by atoms with Gasteiger partial charge < -0.3 is 4.74 Å². The van der Waals surface area contributed by atoms with E-state index >= 15 is 0 Å². The fourth-order valence-electron chi connectivity index (χ4n) is 2.14. The SMILES string of the molecule is CCOC(=O)/C(C#N)=C1/C=CN(C(C)=O)c2ccccc21. The summed E-state index contributed by atoms with van der Waals surface area (Å²) >= 11 is 0. The van der Waals surface area contributed by atoms with E-state index in [9.17, 15) is 14.9 Å². The first kappa shape index (κ1) is 14.5. The molecule has 0 N–H and O–H groups in total. The summed E-state index contributed by atoms with van der Waals surface area (Å²) in [6.45, 7) is 3.33. The molecule has 1 aromatic carbocycles. The molecule has 1 amide bonds. The normalized spacial score (nSPS) is 15.0. The molecule has 0 bridgehead atoms. The second-order valence-electron chi connectivity index (χ2n) is 4.34. The molecule has 0 atom stereocenters. The molecule has 1 heterocycles. The number of para-hydroxylation sites is 1. The number of nitrogens with zero attached hydrogens (tertiary/aromatic N) is 2. The predicted molar refractivity (Wildman–Crippen MR) is 77.9 cm³/mol. The van der Waals surface area contributed by atoms with Crippen molar-refractivity contribution in [2.45, 2.75) is 13.8 Å². The van der Waals surface area contributed by atoms with Crippen LogP contribution in [-0.4, -0.2) is 18.5 Å². The van der Waals surface area contributed by atoms with Crippen LogP contribution in [0.5, 0.6) is 0 Å². The van der Waals surface area contributed by atoms with Crippen LogP contribution < -0.4 is 4.90 Å². The molecule has 1 aliphatic rings. The van der Waals surface area contributed by atoms with Crippen LogP contribution in [0.3, 0.4) is 0 Å². The molecule has 1 aliphatic heterocycles. The summed E-state index contributed by atoms with van der Waals surface area (Å²) in [4.78, 5) is 25.0. The van der Waals surface area contributed by atoms with Crippen LogP contribution in [0.4, 0.5) is 5.69 Å². The smallest absolute Gasteiger partial charge is 0.349 e. The van der Waals surface area contributed by atoms with Crippen molar-refractivity contribution in [3.63, 3.8) is 0 Å². The van der Waals surface area contributed by atoms with E-state index in [1.807, 2.05) is 6.07 Å². The molecular formula is C16H14N2O3. The van der Waals surface area contributed by atoms with Gasteiger partial charge in [-0.05, 0) is 19.1 Å². The Morgan fingerprint density at radius 1 is 1.33 bits per heavy atom. The van der Waals surface area contributed by atoms with Gasteiger partial charge in [-0.2, -0.15) is 5.26 Å². The van der Waals surface area contributed by atoms with Gasteiger partial charge in [0.05, 0.1) is 12.3 Å². The average molecular weight is 282 g/mol. The standard InChI is InChI=1S/C16H14N2O3/c1-3-21-16(20)14(10-17)12-8-9-18(11(2)19)15-7-5-4-6-13(12)15/h4-9H,3H2,1-2H3/b14-12-. The van der Waals surface area contributed by atoms with Crippen LogP contribution in [-0.2, 0) is 14.3 Å². The molecule has 2 rings (SSSR count). The maximum atomic E-state index is 11.9. The van der Waals surface area contributed by atoms with Crippen LogP contribution in [0.1, 0.15) is 19.4 Å². The lowest BCUT2D eigenvalue weighted by atomic mass is 9.95. The van der Waals surface area contributed by atoms with Gasteiger partial charge in [0, 0.05) is 24.3 Å². The van der Waals surface area contributed by atoms with Crippen molar-refractivity contribution in [3.8, 4) is 6.07 Å². The number of fused-ring (bicyclic) bond motifs is 1. The highest BCUT2D eigenvalue weighted by molar-refractivity contribution is 6.08. The first-order chi connectivity index (χ1) is 10.1. The van der Waals surface area contributed by atoms with E-state index < -0.39 is 5.97 Å². The molecule has 0 aliphatic carbocycles. The molecule has 5 heteroatoms. The quantitative estimate of drug-likeness (QED) is 0.474. The Morgan fingerprint density at radius 3 is 2.67 bits per heavy atom. The second kappa shape index (κ2) is 6.06. The van der Waals surface area contributed by atoms with E-state index in [0.29, 0.717) is 16.8 Å². The average Bonchev–Trinajstić information content (AvgIpc) is 2.48. The summed E-state index contributed by atoms with van der Waals surface area (Å²) in [5.74, 6) is -0.807. The molecule has 0 aromatic heterocycles. The number of amides is 1. The number of carbonyl (C=O) groups is 2. The van der Waals surface area contributed by atoms with Crippen LogP contribution in [0.25, 0.3) is 5.57 Å². The Kier molecular flexibility index (Phi) is 4.19. The van der Waals surface area contributed by atoms with Crippen molar-refractivity contribution < 1.29 is 14.3 Å². The molecule has 0 saturated carbocycles. The molecular weight excluding hydrogens is 268 g/mol. The Balaban J connectivity index is 2.62. The summed E-state index contributed by atoms with van der Waals surface area (Å²) < 4.78 is 4.90.